The van der Waals surface area contributed by atoms with Gasteiger partial charge in [0.1, 0.15) is 17.7 Å². The van der Waals surface area contributed by atoms with E-state index in [9.17, 15) is 19.2 Å². The number of carbonyl (C=O) groups is 4. The van der Waals surface area contributed by atoms with Crippen LogP contribution in [0.3, 0.4) is 0 Å². The molecular formula is C53H65N9O6. The molecule has 5 heterocycles. The third-order valence-electron chi connectivity index (χ3n) is 15.1. The average Bonchev–Trinajstić information content (AvgIpc) is 4.21. The maximum atomic E-state index is 13.9. The molecule has 3 fully saturated rings. The maximum Gasteiger partial charge on any atom is 0.407 e. The van der Waals surface area contributed by atoms with Gasteiger partial charge >= 0.3 is 12.2 Å². The van der Waals surface area contributed by atoms with Crippen LogP contribution in [0.2, 0.25) is 0 Å². The highest BCUT2D eigenvalue weighted by Crippen LogP contribution is 2.54. The average molecular weight is 924 g/mol. The quantitative estimate of drug-likeness (QED) is 0.0896. The van der Waals surface area contributed by atoms with Gasteiger partial charge in [0.25, 0.3) is 0 Å². The Hall–Kier alpha value is -6.43. The van der Waals surface area contributed by atoms with Crippen molar-refractivity contribution < 1.29 is 28.7 Å². The molecule has 0 radical (unpaired) electrons. The summed E-state index contributed by atoms with van der Waals surface area (Å²) in [5.41, 5.74) is 10.8. The van der Waals surface area contributed by atoms with Gasteiger partial charge in [-0.1, -0.05) is 64.8 Å². The first-order valence-corrected chi connectivity index (χ1v) is 24.6. The highest BCUT2D eigenvalue weighted by atomic mass is 16.5. The van der Waals surface area contributed by atoms with Gasteiger partial charge in [0.05, 0.1) is 54.6 Å². The first-order chi connectivity index (χ1) is 32.9. The number of likely N-dealkylation sites (tertiary alicyclic amines) is 2. The van der Waals surface area contributed by atoms with Crippen LogP contribution in [-0.2, 0) is 37.3 Å². The van der Waals surface area contributed by atoms with Crippen molar-refractivity contribution >= 4 is 35.0 Å². The topological polar surface area (TPSA) is 188 Å². The lowest BCUT2D eigenvalue weighted by atomic mass is 9.65. The molecule has 1 spiro atoms. The van der Waals surface area contributed by atoms with Crippen molar-refractivity contribution in [2.75, 3.05) is 33.9 Å². The predicted molar refractivity (Wildman–Crippen MR) is 257 cm³/mol. The number of nitrogens with one attached hydrogen (secondary N) is 4. The van der Waals surface area contributed by atoms with Crippen LogP contribution < -0.4 is 10.6 Å². The molecule has 5 aromatic rings. The van der Waals surface area contributed by atoms with E-state index in [4.69, 9.17) is 24.4 Å². The molecule has 4 aliphatic rings. The van der Waals surface area contributed by atoms with E-state index in [2.05, 4.69) is 63.1 Å². The fraction of sp³-hybridized carbons (Fsp3) is 0.528. The van der Waals surface area contributed by atoms with Gasteiger partial charge in [-0.3, -0.25) is 9.59 Å². The number of hydrogen-bond acceptors (Lipinski definition) is 9. The first kappa shape index (κ1) is 46.7. The molecule has 9 rings (SSSR count). The van der Waals surface area contributed by atoms with Crippen LogP contribution in [0.4, 0.5) is 9.59 Å². The van der Waals surface area contributed by atoms with E-state index in [1.165, 1.54) is 63.0 Å². The molecule has 4 N–H and O–H groups in total. The Balaban J connectivity index is 0.975. The number of methoxy groups -OCH3 is 2. The van der Waals surface area contributed by atoms with E-state index >= 15 is 0 Å². The fourth-order valence-electron chi connectivity index (χ4n) is 11.7. The number of aromatic amines is 2. The molecule has 2 aliphatic carbocycles. The number of benzene rings is 2. The summed E-state index contributed by atoms with van der Waals surface area (Å²) in [7, 11) is 2.63. The molecule has 0 bridgehead atoms. The summed E-state index contributed by atoms with van der Waals surface area (Å²) in [5, 5.41) is 5.47. The summed E-state index contributed by atoms with van der Waals surface area (Å²) in [6, 6.07) is 18.5. The third-order valence-corrected chi connectivity index (χ3v) is 15.1. The number of rotatable bonds is 13. The zero-order valence-electron chi connectivity index (χ0n) is 40.3. The number of nitrogens with zero attached hydrogens (tertiary/aromatic N) is 5. The molecule has 2 aliphatic heterocycles. The minimum absolute atomic E-state index is 0.00716. The number of carbonyl (C=O) groups excluding carboxylic acids is 4. The molecule has 4 amide bonds. The SMILES string of the molecule is COC(=O)NCC(C(=O)N1CCC[C@H]1c1ncc(Cc2c#ccc(-c3ccc(-c4ccc5nc([C@@H]6CCCN6C(=O)[C@@H](NC(=O)OC)C(C)C)[nH]c5c4)c4c3CCCC43CCCC3)n2)[nH]1)C(C)C. The minimum Gasteiger partial charge on any atom is -0.453 e. The highest BCUT2D eigenvalue weighted by Gasteiger charge is 2.43. The van der Waals surface area contributed by atoms with E-state index in [0.29, 0.717) is 19.5 Å². The molecule has 15 heteroatoms. The number of alkyl carbamates (subject to hydrolysis) is 2. The third kappa shape index (κ3) is 9.13. The number of amides is 4. The van der Waals surface area contributed by atoms with Gasteiger partial charge in [0.15, 0.2) is 0 Å². The number of H-pyrrole nitrogens is 2. The molecule has 68 heavy (non-hydrogen) atoms. The Morgan fingerprint density at radius 3 is 2.25 bits per heavy atom. The molecule has 1 unspecified atom stereocenters. The van der Waals surface area contributed by atoms with E-state index in [0.717, 1.165) is 89.4 Å². The Morgan fingerprint density at radius 2 is 1.53 bits per heavy atom. The van der Waals surface area contributed by atoms with Gasteiger partial charge in [-0.15, -0.1) is 0 Å². The van der Waals surface area contributed by atoms with Crippen molar-refractivity contribution in [3.05, 3.63) is 88.9 Å². The molecular weight excluding hydrogens is 859 g/mol. The summed E-state index contributed by atoms with van der Waals surface area (Å²) in [6.45, 7) is 9.29. The molecule has 1 saturated carbocycles. The summed E-state index contributed by atoms with van der Waals surface area (Å²) >= 11 is 0. The minimum atomic E-state index is -0.697. The predicted octanol–water partition coefficient (Wildman–Crippen LogP) is 8.69. The van der Waals surface area contributed by atoms with Crippen molar-refractivity contribution in [1.82, 2.24) is 45.4 Å². The molecule has 358 valence electrons. The Labute approximate surface area is 399 Å². The summed E-state index contributed by atoms with van der Waals surface area (Å²) in [4.78, 5) is 77.7. The largest absolute Gasteiger partial charge is 0.453 e. The van der Waals surface area contributed by atoms with Crippen LogP contribution in [0, 0.1) is 29.9 Å². The number of ether oxygens (including phenoxy) is 2. The molecule has 3 aromatic heterocycles. The van der Waals surface area contributed by atoms with Gasteiger partial charge in [0, 0.05) is 49.6 Å². The number of hydrogen-bond donors (Lipinski definition) is 4. The zero-order chi connectivity index (χ0) is 47.7. The summed E-state index contributed by atoms with van der Waals surface area (Å²) in [5.74, 6) is 0.933. The zero-order valence-corrected chi connectivity index (χ0v) is 40.3. The molecule has 2 aromatic carbocycles. The lowest BCUT2D eigenvalue weighted by molar-refractivity contribution is -0.138. The van der Waals surface area contributed by atoms with Gasteiger partial charge < -0.3 is 39.9 Å². The maximum absolute atomic E-state index is 13.9. The standard InChI is InChI=1S/C53H65N9O6/c1-31(2)39(30-55-51(65)67-5)49(63)61-25-11-16-43(61)47-54-29-35(57-47)28-34-13-9-15-40(56-34)37-20-19-36(45-38(37)14-10-24-53(45)22-7-8-23-53)33-18-21-41-42(27-33)59-48(58-41)44-17-12-26-62(44)50(64)46(32(3)4)60-52(66)68-6/h15,18-21,27,29,31-32,39,43-44,46H,7-8,10-12,14,16-17,22-26,28,30H2,1-6H3,(H,54,57)(H,55,65)(H,58,59)(H,60,66)/t39?,43-,44-,46-/m0/s1. The van der Waals surface area contributed by atoms with Crippen molar-refractivity contribution in [3.8, 4) is 22.4 Å². The number of aromatic nitrogens is 5. The van der Waals surface area contributed by atoms with Gasteiger partial charge in [-0.2, -0.15) is 0 Å². The lowest BCUT2D eigenvalue weighted by Gasteiger charge is -2.39. The van der Waals surface area contributed by atoms with Crippen molar-refractivity contribution in [3.63, 3.8) is 0 Å². The highest BCUT2D eigenvalue weighted by molar-refractivity contribution is 5.88. The van der Waals surface area contributed by atoms with E-state index in [1.54, 1.807) is 0 Å². The number of fused-ring (bicyclic) bond motifs is 3. The van der Waals surface area contributed by atoms with Crippen LogP contribution in [0.15, 0.2) is 42.6 Å². The second-order valence-corrected chi connectivity index (χ2v) is 20.0. The van der Waals surface area contributed by atoms with E-state index in [-0.39, 0.29) is 53.6 Å². The van der Waals surface area contributed by atoms with E-state index in [1.807, 2.05) is 49.8 Å². The van der Waals surface area contributed by atoms with Crippen LogP contribution >= 0.6 is 0 Å². The van der Waals surface area contributed by atoms with Gasteiger partial charge in [-0.05, 0) is 115 Å². The van der Waals surface area contributed by atoms with E-state index < -0.39 is 18.2 Å². The molecule has 2 saturated heterocycles. The first-order valence-electron chi connectivity index (χ1n) is 24.6. The van der Waals surface area contributed by atoms with Crippen molar-refractivity contribution in [2.24, 2.45) is 17.8 Å². The summed E-state index contributed by atoms with van der Waals surface area (Å²) < 4.78 is 9.59. The Bertz CT molecular complexity index is 2660. The van der Waals surface area contributed by atoms with Crippen LogP contribution in [0.5, 0.6) is 0 Å². The second kappa shape index (κ2) is 19.7. The Kier molecular flexibility index (Phi) is 13.5. The van der Waals surface area contributed by atoms with Crippen LogP contribution in [-0.4, -0.2) is 98.6 Å². The van der Waals surface area contributed by atoms with Gasteiger partial charge in [-0.25, -0.2) is 24.5 Å². The fourth-order valence-corrected chi connectivity index (χ4v) is 11.7. The van der Waals surface area contributed by atoms with Crippen LogP contribution in [0.25, 0.3) is 33.4 Å². The molecule has 4 atom stereocenters. The molecule has 15 nitrogen and oxygen atoms in total. The van der Waals surface area contributed by atoms with Crippen molar-refractivity contribution in [2.45, 2.75) is 128 Å². The van der Waals surface area contributed by atoms with Crippen molar-refractivity contribution in [1.29, 1.82) is 0 Å². The Morgan fingerprint density at radius 1 is 0.824 bits per heavy atom. The summed E-state index contributed by atoms with van der Waals surface area (Å²) in [6.07, 6.45) is 12.5. The lowest BCUT2D eigenvalue weighted by Crippen LogP contribution is -2.51. The smallest absolute Gasteiger partial charge is 0.407 e. The number of imidazole rings is 2. The second-order valence-electron chi connectivity index (χ2n) is 20.0. The normalized spacial score (nSPS) is 19.6. The van der Waals surface area contributed by atoms with Crippen LogP contribution in [0.1, 0.15) is 138 Å². The van der Waals surface area contributed by atoms with Gasteiger partial charge in [0.2, 0.25) is 11.8 Å². The monoisotopic (exact) mass is 924 g/mol.